The monoisotopic (exact) mass is 246 g/mol. The van der Waals surface area contributed by atoms with Gasteiger partial charge in [0.1, 0.15) is 11.1 Å². The largest absolute Gasteiger partial charge is 0.465 e. The Morgan fingerprint density at radius 1 is 1.00 bits per heavy atom. The summed E-state index contributed by atoms with van der Waals surface area (Å²) in [4.78, 5) is 31.5. The average molecular weight is 246 g/mol. The maximum atomic E-state index is 11.8. The molecule has 0 atom stereocenters. The van der Waals surface area contributed by atoms with Gasteiger partial charge in [-0.2, -0.15) is 0 Å². The number of carbonyl (C=O) groups is 2. The van der Waals surface area contributed by atoms with Gasteiger partial charge in [-0.05, 0) is 12.1 Å². The summed E-state index contributed by atoms with van der Waals surface area (Å²) in [5.74, 6) is -1.27. The van der Waals surface area contributed by atoms with Gasteiger partial charge in [0.05, 0.1) is 25.3 Å². The van der Waals surface area contributed by atoms with Crippen molar-refractivity contribution in [3.63, 3.8) is 0 Å². The number of nitrogens with zero attached hydrogens (tertiary/aromatic N) is 2. The molecule has 1 aromatic heterocycles. The van der Waals surface area contributed by atoms with Gasteiger partial charge in [-0.3, -0.25) is 9.97 Å². The van der Waals surface area contributed by atoms with Crippen LogP contribution in [0.3, 0.4) is 0 Å². The Labute approximate surface area is 103 Å². The molecule has 92 valence electrons. The molecule has 0 aliphatic rings. The molecule has 0 saturated carbocycles. The van der Waals surface area contributed by atoms with Crippen LogP contribution in [0.4, 0.5) is 0 Å². The fourth-order valence-corrected chi connectivity index (χ4v) is 1.63. The summed E-state index contributed by atoms with van der Waals surface area (Å²) in [6.45, 7) is 0. The van der Waals surface area contributed by atoms with Crippen molar-refractivity contribution >= 4 is 23.0 Å². The molecule has 0 aliphatic heterocycles. The van der Waals surface area contributed by atoms with Crippen molar-refractivity contribution in [3.8, 4) is 0 Å². The number of hydrogen-bond acceptors (Lipinski definition) is 6. The first-order chi connectivity index (χ1) is 8.69. The van der Waals surface area contributed by atoms with E-state index in [0.29, 0.717) is 11.0 Å². The molecule has 0 bridgehead atoms. The van der Waals surface area contributed by atoms with Gasteiger partial charge in [0.25, 0.3) is 0 Å². The van der Waals surface area contributed by atoms with Gasteiger partial charge in [-0.15, -0.1) is 0 Å². The van der Waals surface area contributed by atoms with E-state index in [4.69, 9.17) is 0 Å². The first kappa shape index (κ1) is 12.0. The minimum atomic E-state index is -0.651. The molecule has 2 aromatic rings. The van der Waals surface area contributed by atoms with Crippen molar-refractivity contribution in [2.24, 2.45) is 0 Å². The zero-order valence-electron chi connectivity index (χ0n) is 9.84. The number of benzene rings is 1. The molecule has 1 heterocycles. The summed E-state index contributed by atoms with van der Waals surface area (Å²) in [7, 11) is 2.48. The van der Waals surface area contributed by atoms with Crippen molar-refractivity contribution in [2.75, 3.05) is 14.2 Å². The first-order valence-electron chi connectivity index (χ1n) is 5.09. The lowest BCUT2D eigenvalue weighted by molar-refractivity contribution is 0.0557. The molecule has 0 spiro atoms. The second-order valence-corrected chi connectivity index (χ2v) is 3.40. The number of fused-ring (bicyclic) bond motifs is 1. The van der Waals surface area contributed by atoms with Gasteiger partial charge in [0, 0.05) is 12.4 Å². The molecule has 0 aliphatic carbocycles. The Morgan fingerprint density at radius 3 is 2.33 bits per heavy atom. The fourth-order valence-electron chi connectivity index (χ4n) is 1.63. The highest BCUT2D eigenvalue weighted by Gasteiger charge is 2.22. The Kier molecular flexibility index (Phi) is 3.18. The Hall–Kier alpha value is -2.50. The van der Waals surface area contributed by atoms with E-state index in [-0.39, 0.29) is 11.1 Å². The lowest BCUT2D eigenvalue weighted by atomic mass is 10.1. The van der Waals surface area contributed by atoms with Crippen LogP contribution >= 0.6 is 0 Å². The van der Waals surface area contributed by atoms with Crippen LogP contribution < -0.4 is 0 Å². The number of rotatable bonds is 2. The molecule has 0 unspecified atom stereocenters. The number of aromatic nitrogens is 2. The number of hydrogen-bond donors (Lipinski definition) is 0. The van der Waals surface area contributed by atoms with Gasteiger partial charge >= 0.3 is 11.9 Å². The third-order valence-electron chi connectivity index (χ3n) is 2.44. The number of carbonyl (C=O) groups excluding carboxylic acids is 2. The van der Waals surface area contributed by atoms with E-state index in [1.807, 2.05) is 0 Å². The molecule has 0 amide bonds. The lowest BCUT2D eigenvalue weighted by Crippen LogP contribution is -2.13. The Balaban J connectivity index is 2.79. The molecule has 2 rings (SSSR count). The zero-order chi connectivity index (χ0) is 13.1. The molecule has 1 aromatic carbocycles. The van der Waals surface area contributed by atoms with Crippen LogP contribution in [0.1, 0.15) is 20.7 Å². The third kappa shape index (κ3) is 1.88. The lowest BCUT2D eigenvalue weighted by Gasteiger charge is -2.08. The van der Waals surface area contributed by atoms with Crippen molar-refractivity contribution in [1.29, 1.82) is 0 Å². The minimum absolute atomic E-state index is 0.0648. The van der Waals surface area contributed by atoms with E-state index in [2.05, 4.69) is 19.4 Å². The molecule has 0 fully saturated rings. The molecule has 18 heavy (non-hydrogen) atoms. The molecule has 0 N–H and O–H groups in total. The van der Waals surface area contributed by atoms with Crippen molar-refractivity contribution in [2.45, 2.75) is 0 Å². The van der Waals surface area contributed by atoms with E-state index in [9.17, 15) is 9.59 Å². The summed E-state index contributed by atoms with van der Waals surface area (Å²) in [6.07, 6.45) is 2.94. The quantitative estimate of drug-likeness (QED) is 0.741. The van der Waals surface area contributed by atoms with E-state index >= 15 is 0 Å². The van der Waals surface area contributed by atoms with Crippen LogP contribution in [-0.2, 0) is 9.47 Å². The average Bonchev–Trinajstić information content (AvgIpc) is 2.44. The van der Waals surface area contributed by atoms with Crippen LogP contribution in [0.2, 0.25) is 0 Å². The highest BCUT2D eigenvalue weighted by Crippen LogP contribution is 2.20. The summed E-state index contributed by atoms with van der Waals surface area (Å²) >= 11 is 0. The highest BCUT2D eigenvalue weighted by molar-refractivity contribution is 6.10. The normalized spacial score (nSPS) is 10.1. The molecular formula is C12H10N2O4. The Bertz CT molecular complexity index is 625. The number of methoxy groups -OCH3 is 2. The topological polar surface area (TPSA) is 78.4 Å². The predicted octanol–water partition coefficient (Wildman–Crippen LogP) is 1.20. The highest BCUT2D eigenvalue weighted by atomic mass is 16.5. The Morgan fingerprint density at radius 2 is 1.67 bits per heavy atom. The van der Waals surface area contributed by atoms with Gasteiger partial charge in [-0.1, -0.05) is 0 Å². The van der Waals surface area contributed by atoms with E-state index in [1.54, 1.807) is 6.07 Å². The molecule has 6 heteroatoms. The maximum Gasteiger partial charge on any atom is 0.341 e. The maximum absolute atomic E-state index is 11.8. The minimum Gasteiger partial charge on any atom is -0.465 e. The van der Waals surface area contributed by atoms with E-state index in [0.717, 1.165) is 0 Å². The molecule has 0 radical (unpaired) electrons. The first-order valence-corrected chi connectivity index (χ1v) is 5.09. The summed E-state index contributed by atoms with van der Waals surface area (Å²) in [5.41, 5.74) is 0.991. The van der Waals surface area contributed by atoms with Crippen LogP contribution in [0.15, 0.2) is 24.5 Å². The van der Waals surface area contributed by atoms with E-state index < -0.39 is 11.9 Å². The molecular weight excluding hydrogens is 236 g/mol. The SMILES string of the molecule is COC(=O)c1ccc2nccnc2c1C(=O)OC. The number of esters is 2. The predicted molar refractivity (Wildman–Crippen MR) is 62.2 cm³/mol. The van der Waals surface area contributed by atoms with Crippen LogP contribution in [0.5, 0.6) is 0 Å². The second kappa shape index (κ2) is 4.79. The summed E-state index contributed by atoms with van der Waals surface area (Å²) < 4.78 is 9.29. The third-order valence-corrected chi connectivity index (χ3v) is 2.44. The number of ether oxygens (including phenoxy) is 2. The summed E-state index contributed by atoms with van der Waals surface area (Å²) in [5, 5.41) is 0. The van der Waals surface area contributed by atoms with Crippen LogP contribution in [-0.4, -0.2) is 36.1 Å². The second-order valence-electron chi connectivity index (χ2n) is 3.40. The van der Waals surface area contributed by atoms with Crippen molar-refractivity contribution in [1.82, 2.24) is 9.97 Å². The summed E-state index contributed by atoms with van der Waals surface area (Å²) in [6, 6.07) is 3.07. The van der Waals surface area contributed by atoms with E-state index in [1.165, 1.54) is 32.7 Å². The van der Waals surface area contributed by atoms with Crippen LogP contribution in [0, 0.1) is 0 Å². The van der Waals surface area contributed by atoms with Crippen molar-refractivity contribution < 1.29 is 19.1 Å². The van der Waals surface area contributed by atoms with Gasteiger partial charge < -0.3 is 9.47 Å². The zero-order valence-corrected chi connectivity index (χ0v) is 9.84. The van der Waals surface area contributed by atoms with Gasteiger partial charge in [0.2, 0.25) is 0 Å². The molecule has 6 nitrogen and oxygen atoms in total. The fraction of sp³-hybridized carbons (Fsp3) is 0.167. The van der Waals surface area contributed by atoms with Gasteiger partial charge in [0.15, 0.2) is 0 Å². The smallest absolute Gasteiger partial charge is 0.341 e. The molecule has 0 saturated heterocycles. The van der Waals surface area contributed by atoms with Gasteiger partial charge in [-0.25, -0.2) is 9.59 Å². The van der Waals surface area contributed by atoms with Crippen LogP contribution in [0.25, 0.3) is 11.0 Å². The standard InChI is InChI=1S/C12H10N2O4/c1-17-11(15)7-3-4-8-10(14-6-5-13-8)9(7)12(16)18-2/h3-6H,1-2H3. The van der Waals surface area contributed by atoms with Crippen molar-refractivity contribution in [3.05, 3.63) is 35.7 Å².